The van der Waals surface area contributed by atoms with Crippen LogP contribution in [0.5, 0.6) is 0 Å². The minimum atomic E-state index is 0.167. The van der Waals surface area contributed by atoms with Crippen molar-refractivity contribution in [1.82, 2.24) is 0 Å². The summed E-state index contributed by atoms with van der Waals surface area (Å²) in [7, 11) is 0. The van der Waals surface area contributed by atoms with E-state index in [9.17, 15) is 0 Å². The lowest BCUT2D eigenvalue weighted by molar-refractivity contribution is 0.700. The van der Waals surface area contributed by atoms with Crippen LogP contribution in [0.25, 0.3) is 0 Å². The second-order valence-corrected chi connectivity index (χ2v) is 2.38. The molecule has 0 heteroatoms. The number of hydrogen-bond donors (Lipinski definition) is 0. The number of rotatable bonds is 0. The van der Waals surface area contributed by atoms with Crippen LogP contribution in [0.1, 0.15) is 22.1 Å². The Bertz CT molecular complexity index is 117. The molecule has 0 atom stereocenters. The molecule has 1 rings (SSSR count). The Morgan fingerprint density at radius 1 is 1.83 bits per heavy atom. The Labute approximate surface area is 40.3 Å². The van der Waals surface area contributed by atoms with E-state index in [1.807, 2.05) is 6.92 Å². The first kappa shape index (κ1) is 2.84. The van der Waals surface area contributed by atoms with Gasteiger partial charge in [-0.15, -0.1) is 0 Å². The van der Waals surface area contributed by atoms with E-state index in [0.29, 0.717) is 0 Å². The summed E-state index contributed by atoms with van der Waals surface area (Å²) in [6, 6.07) is 0.826. The van der Waals surface area contributed by atoms with Crippen molar-refractivity contribution >= 4 is 0 Å². The molecule has 0 bridgehead atoms. The maximum atomic E-state index is 7.18. The fraction of sp³-hybridized carbons (Fsp3) is 0.667. The van der Waals surface area contributed by atoms with Crippen molar-refractivity contribution in [3.05, 3.63) is 11.6 Å². The first-order valence-corrected chi connectivity index (χ1v) is 2.25. The maximum Gasteiger partial charge on any atom is 0.0585 e. The van der Waals surface area contributed by atoms with Crippen LogP contribution in [0.4, 0.5) is 0 Å². The maximum absolute atomic E-state index is 7.18. The van der Waals surface area contributed by atoms with Crippen LogP contribution >= 0.6 is 0 Å². The molecule has 34 valence electrons. The van der Waals surface area contributed by atoms with Crippen molar-refractivity contribution in [3.63, 3.8) is 0 Å². The van der Waals surface area contributed by atoms with Gasteiger partial charge in [-0.2, -0.15) is 0 Å². The Morgan fingerprint density at radius 3 is 2.00 bits per heavy atom. The molecule has 0 aromatic heterocycles. The SMILES string of the molecule is [2H]C1=C(C)C1(C)C. The molecule has 0 saturated heterocycles. The van der Waals surface area contributed by atoms with Gasteiger partial charge in [-0.1, -0.05) is 25.5 Å². The lowest BCUT2D eigenvalue weighted by Crippen LogP contribution is -1.84. The standard InChI is InChI=1S/C6H10/c1-5-4-6(5,2)3/h4H,1-3H3/i4D. The van der Waals surface area contributed by atoms with Crippen LogP contribution in [-0.4, -0.2) is 0 Å². The monoisotopic (exact) mass is 83.1 g/mol. The third-order valence-corrected chi connectivity index (χ3v) is 1.38. The largest absolute Gasteiger partial charge is 0.0751 e. The predicted octanol–water partition coefficient (Wildman–Crippen LogP) is 1.97. The van der Waals surface area contributed by atoms with Gasteiger partial charge in [0.05, 0.1) is 1.37 Å². The summed E-state index contributed by atoms with van der Waals surface area (Å²) in [5.41, 5.74) is 1.41. The summed E-state index contributed by atoms with van der Waals surface area (Å²) < 4.78 is 7.18. The molecule has 1 aliphatic carbocycles. The van der Waals surface area contributed by atoms with Gasteiger partial charge in [0.2, 0.25) is 0 Å². The topological polar surface area (TPSA) is 0 Å². The second kappa shape index (κ2) is 0.699. The molecule has 6 heavy (non-hydrogen) atoms. The minimum Gasteiger partial charge on any atom is -0.0751 e. The Balaban J connectivity index is 2.69. The van der Waals surface area contributed by atoms with Crippen molar-refractivity contribution in [2.75, 3.05) is 0 Å². The zero-order chi connectivity index (χ0) is 5.65. The van der Waals surface area contributed by atoms with E-state index in [-0.39, 0.29) is 5.41 Å². The van der Waals surface area contributed by atoms with Crippen molar-refractivity contribution in [2.45, 2.75) is 20.8 Å². The van der Waals surface area contributed by atoms with Gasteiger partial charge in [-0.25, -0.2) is 0 Å². The van der Waals surface area contributed by atoms with Gasteiger partial charge in [0.25, 0.3) is 0 Å². The lowest BCUT2D eigenvalue weighted by atomic mass is 10.1. The summed E-state index contributed by atoms with van der Waals surface area (Å²) in [6.07, 6.45) is 0. The molecular weight excluding hydrogens is 72.1 g/mol. The van der Waals surface area contributed by atoms with Crippen molar-refractivity contribution in [1.29, 1.82) is 0 Å². The molecule has 0 unspecified atom stereocenters. The fourth-order valence-corrected chi connectivity index (χ4v) is 0.438. The Kier molecular flexibility index (Phi) is 0.331. The first-order chi connectivity index (χ1) is 3.07. The van der Waals surface area contributed by atoms with Crippen LogP contribution < -0.4 is 0 Å². The van der Waals surface area contributed by atoms with E-state index >= 15 is 0 Å². The van der Waals surface area contributed by atoms with Crippen molar-refractivity contribution in [3.8, 4) is 0 Å². The summed E-state index contributed by atoms with van der Waals surface area (Å²) in [5.74, 6) is 0. The van der Waals surface area contributed by atoms with E-state index in [1.54, 1.807) is 0 Å². The highest BCUT2D eigenvalue weighted by atomic mass is 14.3. The summed E-state index contributed by atoms with van der Waals surface area (Å²) in [6.45, 7) is 6.16. The molecule has 0 spiro atoms. The van der Waals surface area contributed by atoms with Gasteiger partial charge in [0.15, 0.2) is 0 Å². The van der Waals surface area contributed by atoms with Crippen LogP contribution in [0.3, 0.4) is 0 Å². The third kappa shape index (κ3) is 0.368. The van der Waals surface area contributed by atoms with E-state index < -0.39 is 0 Å². The quantitative estimate of drug-likeness (QED) is 0.393. The summed E-state index contributed by atoms with van der Waals surface area (Å²) >= 11 is 0. The molecule has 0 saturated carbocycles. The molecule has 0 amide bonds. The lowest BCUT2D eigenvalue weighted by Gasteiger charge is -1.94. The third-order valence-electron chi connectivity index (χ3n) is 1.38. The zero-order valence-electron chi connectivity index (χ0n) is 5.50. The Hall–Kier alpha value is -0.260. The normalized spacial score (nSPS) is 30.2. The molecule has 0 nitrogen and oxygen atoms in total. The van der Waals surface area contributed by atoms with Crippen LogP contribution in [0.2, 0.25) is 0 Å². The van der Waals surface area contributed by atoms with E-state index in [1.165, 1.54) is 5.57 Å². The summed E-state index contributed by atoms with van der Waals surface area (Å²) in [5, 5.41) is 0. The van der Waals surface area contributed by atoms with Crippen molar-refractivity contribution in [2.24, 2.45) is 5.41 Å². The highest BCUT2D eigenvalue weighted by Crippen LogP contribution is 2.41. The molecule has 0 aromatic carbocycles. The van der Waals surface area contributed by atoms with Gasteiger partial charge in [0.1, 0.15) is 0 Å². The van der Waals surface area contributed by atoms with E-state index in [2.05, 4.69) is 13.8 Å². The van der Waals surface area contributed by atoms with Gasteiger partial charge < -0.3 is 0 Å². The molecule has 0 aliphatic heterocycles. The summed E-state index contributed by atoms with van der Waals surface area (Å²) in [4.78, 5) is 0. The highest BCUT2D eigenvalue weighted by molar-refractivity contribution is 5.33. The number of hydrogen-bond acceptors (Lipinski definition) is 0. The molecular formula is C6H10. The molecule has 0 heterocycles. The number of allylic oxidation sites excluding steroid dienone is 2. The van der Waals surface area contributed by atoms with Crippen molar-refractivity contribution < 1.29 is 1.37 Å². The van der Waals surface area contributed by atoms with Gasteiger partial charge >= 0.3 is 0 Å². The van der Waals surface area contributed by atoms with E-state index in [4.69, 9.17) is 1.37 Å². The first-order valence-electron chi connectivity index (χ1n) is 2.75. The van der Waals surface area contributed by atoms with E-state index in [0.717, 1.165) is 6.05 Å². The molecule has 0 radical (unpaired) electrons. The molecule has 0 N–H and O–H groups in total. The average Bonchev–Trinajstić information content (AvgIpc) is 1.91. The predicted molar refractivity (Wildman–Crippen MR) is 27.5 cm³/mol. The highest BCUT2D eigenvalue weighted by Gasteiger charge is 2.28. The second-order valence-electron chi connectivity index (χ2n) is 2.38. The Morgan fingerprint density at radius 2 is 2.00 bits per heavy atom. The fourth-order valence-electron chi connectivity index (χ4n) is 0.438. The van der Waals surface area contributed by atoms with Gasteiger partial charge in [-0.05, 0) is 6.92 Å². The smallest absolute Gasteiger partial charge is 0.0585 e. The molecule has 0 aromatic rings. The van der Waals surface area contributed by atoms with Crippen LogP contribution in [0, 0.1) is 5.41 Å². The van der Waals surface area contributed by atoms with Gasteiger partial charge in [-0.3, -0.25) is 0 Å². The average molecular weight is 83.2 g/mol. The molecule has 0 fully saturated rings. The minimum absolute atomic E-state index is 0.167. The zero-order valence-corrected chi connectivity index (χ0v) is 4.50. The van der Waals surface area contributed by atoms with Crippen LogP contribution in [-0.2, 0) is 0 Å². The van der Waals surface area contributed by atoms with Crippen LogP contribution in [0.15, 0.2) is 11.6 Å². The molecule has 1 aliphatic rings. The van der Waals surface area contributed by atoms with Gasteiger partial charge in [0, 0.05) is 5.41 Å².